The average Bonchev–Trinajstić information content (AvgIpc) is 3.13. The zero-order valence-electron chi connectivity index (χ0n) is 17.5. The summed E-state index contributed by atoms with van der Waals surface area (Å²) in [5.74, 6) is 0.993. The van der Waals surface area contributed by atoms with Crippen LogP contribution in [-0.2, 0) is 0 Å². The second kappa shape index (κ2) is 8.29. The smallest absolute Gasteiger partial charge is 0.322 e. The number of hydrogen-bond donors (Lipinski definition) is 1. The van der Waals surface area contributed by atoms with Crippen molar-refractivity contribution in [2.45, 2.75) is 52.5 Å². The Morgan fingerprint density at radius 1 is 1.10 bits per heavy atom. The molecule has 3 aromatic rings. The lowest BCUT2D eigenvalue weighted by Crippen LogP contribution is -2.30. The third-order valence-electron chi connectivity index (χ3n) is 5.20. The lowest BCUT2D eigenvalue weighted by Gasteiger charge is -2.24. The van der Waals surface area contributed by atoms with Crippen LogP contribution in [0.25, 0.3) is 11.4 Å². The van der Waals surface area contributed by atoms with Crippen LogP contribution in [0.5, 0.6) is 11.8 Å². The maximum atomic E-state index is 5.98. The van der Waals surface area contributed by atoms with Gasteiger partial charge in [0.1, 0.15) is 11.4 Å². The average molecular weight is 393 g/mol. The van der Waals surface area contributed by atoms with Gasteiger partial charge in [-0.15, -0.1) is 5.10 Å². The molecule has 0 radical (unpaired) electrons. The summed E-state index contributed by atoms with van der Waals surface area (Å²) >= 11 is 0. The Morgan fingerprint density at radius 3 is 2.52 bits per heavy atom. The van der Waals surface area contributed by atoms with Gasteiger partial charge in [0.15, 0.2) is 0 Å². The van der Waals surface area contributed by atoms with Crippen molar-refractivity contribution in [2.75, 3.05) is 13.1 Å². The van der Waals surface area contributed by atoms with Crippen molar-refractivity contribution >= 4 is 0 Å². The molecule has 0 saturated carbocycles. The summed E-state index contributed by atoms with van der Waals surface area (Å²) in [4.78, 5) is 9.05. The standard InChI is InChI=1S/C22H28N6O/c1-14(2)20-21(28(27-26-20)17-5-8-23-9-6-17)19-7-10-24-22(25-19)29-18-12-15(3)11-16(4)13-18/h7,10-14,17,23H,5-6,8-9H2,1-4H3. The summed E-state index contributed by atoms with van der Waals surface area (Å²) in [6, 6.07) is 8.66. The second-order valence-electron chi connectivity index (χ2n) is 8.05. The van der Waals surface area contributed by atoms with E-state index < -0.39 is 0 Å². The molecule has 1 aromatic carbocycles. The van der Waals surface area contributed by atoms with Crippen LogP contribution in [0.3, 0.4) is 0 Å². The molecule has 7 heteroatoms. The van der Waals surface area contributed by atoms with Crippen LogP contribution in [0.4, 0.5) is 0 Å². The Hall–Kier alpha value is -2.80. The summed E-state index contributed by atoms with van der Waals surface area (Å²) in [6.07, 6.45) is 3.81. The number of aromatic nitrogens is 5. The fourth-order valence-electron chi connectivity index (χ4n) is 3.87. The van der Waals surface area contributed by atoms with Gasteiger partial charge in [-0.2, -0.15) is 4.98 Å². The molecule has 7 nitrogen and oxygen atoms in total. The van der Waals surface area contributed by atoms with Gasteiger partial charge in [0.25, 0.3) is 0 Å². The highest BCUT2D eigenvalue weighted by Crippen LogP contribution is 2.32. The zero-order valence-corrected chi connectivity index (χ0v) is 17.5. The van der Waals surface area contributed by atoms with E-state index >= 15 is 0 Å². The summed E-state index contributed by atoms with van der Waals surface area (Å²) in [5.41, 5.74) is 5.02. The van der Waals surface area contributed by atoms with E-state index in [-0.39, 0.29) is 5.92 Å². The third kappa shape index (κ3) is 4.29. The Balaban J connectivity index is 1.71. The van der Waals surface area contributed by atoms with Gasteiger partial charge >= 0.3 is 6.01 Å². The Kier molecular flexibility index (Phi) is 5.58. The number of rotatable bonds is 5. The fourth-order valence-corrected chi connectivity index (χ4v) is 3.87. The van der Waals surface area contributed by atoms with Crippen LogP contribution < -0.4 is 10.1 Å². The van der Waals surface area contributed by atoms with Crippen molar-refractivity contribution in [1.82, 2.24) is 30.3 Å². The van der Waals surface area contributed by atoms with Gasteiger partial charge in [-0.05, 0) is 75.0 Å². The fraction of sp³-hybridized carbons (Fsp3) is 0.455. The number of nitrogens with zero attached hydrogens (tertiary/aromatic N) is 5. The minimum atomic E-state index is 0.249. The van der Waals surface area contributed by atoms with E-state index in [1.807, 2.05) is 18.2 Å². The number of piperidine rings is 1. The van der Waals surface area contributed by atoms with Gasteiger partial charge in [0.2, 0.25) is 0 Å². The van der Waals surface area contributed by atoms with E-state index in [9.17, 15) is 0 Å². The first kappa shape index (κ1) is 19.5. The van der Waals surface area contributed by atoms with Crippen molar-refractivity contribution in [3.05, 3.63) is 47.3 Å². The van der Waals surface area contributed by atoms with Gasteiger partial charge in [-0.1, -0.05) is 25.1 Å². The Labute approximate surface area is 171 Å². The largest absolute Gasteiger partial charge is 0.424 e. The number of benzene rings is 1. The van der Waals surface area contributed by atoms with Crippen molar-refractivity contribution in [1.29, 1.82) is 0 Å². The van der Waals surface area contributed by atoms with Crippen LogP contribution in [0.2, 0.25) is 0 Å². The first-order valence-corrected chi connectivity index (χ1v) is 10.3. The minimum absolute atomic E-state index is 0.249. The van der Waals surface area contributed by atoms with Crippen molar-refractivity contribution in [2.24, 2.45) is 0 Å². The lowest BCUT2D eigenvalue weighted by atomic mass is 10.0. The number of nitrogens with one attached hydrogen (secondary N) is 1. The minimum Gasteiger partial charge on any atom is -0.424 e. The quantitative estimate of drug-likeness (QED) is 0.701. The highest BCUT2D eigenvalue weighted by Gasteiger charge is 2.25. The van der Waals surface area contributed by atoms with E-state index in [0.29, 0.717) is 12.1 Å². The van der Waals surface area contributed by atoms with E-state index in [2.05, 4.69) is 59.1 Å². The molecule has 2 aromatic heterocycles. The summed E-state index contributed by atoms with van der Waals surface area (Å²) in [5, 5.41) is 12.4. The predicted octanol–water partition coefficient (Wildman–Crippen LogP) is 4.19. The Morgan fingerprint density at radius 2 is 1.83 bits per heavy atom. The second-order valence-corrected chi connectivity index (χ2v) is 8.05. The zero-order chi connectivity index (χ0) is 20.4. The Bertz CT molecular complexity index is 970. The predicted molar refractivity (Wildman–Crippen MR) is 112 cm³/mol. The van der Waals surface area contributed by atoms with E-state index in [4.69, 9.17) is 9.72 Å². The van der Waals surface area contributed by atoms with Crippen LogP contribution in [0.15, 0.2) is 30.5 Å². The molecule has 0 bridgehead atoms. The first-order chi connectivity index (χ1) is 14.0. The molecule has 1 aliphatic rings. The number of aryl methyl sites for hydroxylation is 2. The molecule has 1 saturated heterocycles. The molecule has 1 N–H and O–H groups in total. The topological polar surface area (TPSA) is 77.8 Å². The normalized spacial score (nSPS) is 15.1. The third-order valence-corrected chi connectivity index (χ3v) is 5.20. The van der Waals surface area contributed by atoms with Crippen LogP contribution >= 0.6 is 0 Å². The molecule has 1 fully saturated rings. The molecule has 0 spiro atoms. The highest BCUT2D eigenvalue weighted by atomic mass is 16.5. The number of hydrogen-bond acceptors (Lipinski definition) is 6. The SMILES string of the molecule is Cc1cc(C)cc(Oc2nccc(-c3c(C(C)C)nnn3C3CCNCC3)n2)c1. The van der Waals surface area contributed by atoms with E-state index in [1.165, 1.54) is 0 Å². The van der Waals surface area contributed by atoms with Crippen LogP contribution in [0.1, 0.15) is 55.5 Å². The molecule has 1 aliphatic heterocycles. The molecule has 0 aliphatic carbocycles. The van der Waals surface area contributed by atoms with Crippen molar-refractivity contribution < 1.29 is 4.74 Å². The summed E-state index contributed by atoms with van der Waals surface area (Å²) < 4.78 is 8.04. The molecule has 3 heterocycles. The first-order valence-electron chi connectivity index (χ1n) is 10.3. The van der Waals surface area contributed by atoms with Crippen LogP contribution in [0, 0.1) is 13.8 Å². The highest BCUT2D eigenvalue weighted by molar-refractivity contribution is 5.58. The molecule has 29 heavy (non-hydrogen) atoms. The van der Waals surface area contributed by atoms with Gasteiger partial charge < -0.3 is 10.1 Å². The molecule has 0 atom stereocenters. The molecule has 4 rings (SSSR count). The van der Waals surface area contributed by atoms with Crippen molar-refractivity contribution in [3.63, 3.8) is 0 Å². The molecule has 0 unspecified atom stereocenters. The maximum absolute atomic E-state index is 5.98. The van der Waals surface area contributed by atoms with Gasteiger partial charge in [-0.3, -0.25) is 0 Å². The van der Waals surface area contributed by atoms with E-state index in [0.717, 1.165) is 59.9 Å². The van der Waals surface area contributed by atoms with E-state index in [1.54, 1.807) is 6.20 Å². The number of ether oxygens (including phenoxy) is 1. The van der Waals surface area contributed by atoms with Crippen molar-refractivity contribution in [3.8, 4) is 23.1 Å². The van der Waals surface area contributed by atoms with Gasteiger partial charge in [0, 0.05) is 6.20 Å². The molecular weight excluding hydrogens is 364 g/mol. The molecule has 152 valence electrons. The lowest BCUT2D eigenvalue weighted by molar-refractivity contribution is 0.340. The van der Waals surface area contributed by atoms with Gasteiger partial charge in [0.05, 0.1) is 17.4 Å². The molecular formula is C22H28N6O. The van der Waals surface area contributed by atoms with Gasteiger partial charge in [-0.25, -0.2) is 9.67 Å². The maximum Gasteiger partial charge on any atom is 0.322 e. The summed E-state index contributed by atoms with van der Waals surface area (Å²) in [6.45, 7) is 10.4. The monoisotopic (exact) mass is 392 g/mol. The summed E-state index contributed by atoms with van der Waals surface area (Å²) in [7, 11) is 0. The van der Waals surface area contributed by atoms with Crippen LogP contribution in [-0.4, -0.2) is 38.1 Å². The molecule has 0 amide bonds.